The third kappa shape index (κ3) is 3.48. The number of carbonyl (C=O) groups is 1. The molecule has 1 rings (SSSR count). The topological polar surface area (TPSA) is 17.1 Å². The first-order valence-corrected chi connectivity index (χ1v) is 6.30. The average molecular weight is 218 g/mol. The summed E-state index contributed by atoms with van der Waals surface area (Å²) in [6.07, 6.45) is 3.93. The molecule has 0 aliphatic rings. The van der Waals surface area contributed by atoms with E-state index in [1.54, 1.807) is 0 Å². The molecule has 1 aromatic carbocycles. The van der Waals surface area contributed by atoms with Crippen LogP contribution in [0, 0.1) is 0 Å². The summed E-state index contributed by atoms with van der Waals surface area (Å²) in [7, 11) is 0. The molecular formula is C15H22O. The van der Waals surface area contributed by atoms with Gasteiger partial charge in [-0.15, -0.1) is 0 Å². The van der Waals surface area contributed by atoms with Crippen LogP contribution in [0.2, 0.25) is 0 Å². The first-order chi connectivity index (χ1) is 7.69. The number of rotatable bonds is 6. The predicted octanol–water partition coefficient (Wildman–Crippen LogP) is 4.11. The van der Waals surface area contributed by atoms with Gasteiger partial charge in [0.2, 0.25) is 0 Å². The monoisotopic (exact) mass is 218 g/mol. The van der Waals surface area contributed by atoms with Gasteiger partial charge in [-0.2, -0.15) is 0 Å². The van der Waals surface area contributed by atoms with E-state index in [1.165, 1.54) is 12.0 Å². The van der Waals surface area contributed by atoms with Gasteiger partial charge in [-0.1, -0.05) is 51.5 Å². The summed E-state index contributed by atoms with van der Waals surface area (Å²) in [6, 6.07) is 8.50. The maximum atomic E-state index is 11.8. The summed E-state index contributed by atoms with van der Waals surface area (Å²) in [4.78, 5) is 11.8. The Morgan fingerprint density at radius 2 is 1.75 bits per heavy atom. The summed E-state index contributed by atoms with van der Waals surface area (Å²) in [5.41, 5.74) is 2.51. The fourth-order valence-electron chi connectivity index (χ4n) is 1.91. The van der Waals surface area contributed by atoms with E-state index >= 15 is 0 Å². The molecule has 0 bridgehead atoms. The third-order valence-corrected chi connectivity index (χ3v) is 3.00. The second-order valence-corrected chi connectivity index (χ2v) is 4.43. The lowest BCUT2D eigenvalue weighted by atomic mass is 9.93. The van der Waals surface area contributed by atoms with Crippen molar-refractivity contribution < 1.29 is 4.79 Å². The van der Waals surface area contributed by atoms with Gasteiger partial charge in [0.25, 0.3) is 0 Å². The quantitative estimate of drug-likeness (QED) is 0.702. The Bertz CT molecular complexity index is 324. The number of carbonyl (C=O) groups excluding carboxylic acids is 1. The van der Waals surface area contributed by atoms with Gasteiger partial charge in [0.05, 0.1) is 0 Å². The minimum Gasteiger partial charge on any atom is -0.299 e. The minimum absolute atomic E-state index is 0.0515. The smallest absolute Gasteiger partial charge is 0.140 e. The van der Waals surface area contributed by atoms with Gasteiger partial charge in [0.15, 0.2) is 0 Å². The number of ketones is 1. The van der Waals surface area contributed by atoms with Crippen molar-refractivity contribution in [2.45, 2.75) is 52.4 Å². The number of benzene rings is 1. The van der Waals surface area contributed by atoms with Crippen LogP contribution >= 0.6 is 0 Å². The fourth-order valence-corrected chi connectivity index (χ4v) is 1.91. The molecule has 0 radical (unpaired) electrons. The van der Waals surface area contributed by atoms with Gasteiger partial charge in [-0.05, 0) is 24.0 Å². The van der Waals surface area contributed by atoms with Gasteiger partial charge < -0.3 is 0 Å². The summed E-state index contributed by atoms with van der Waals surface area (Å²) in [5.74, 6) is 0.404. The van der Waals surface area contributed by atoms with Crippen molar-refractivity contribution in [3.8, 4) is 0 Å². The van der Waals surface area contributed by atoms with Gasteiger partial charge >= 0.3 is 0 Å². The number of Topliss-reactive ketones (excluding diaryl/α,β-unsaturated/α-hetero) is 1. The molecule has 0 aliphatic heterocycles. The van der Waals surface area contributed by atoms with E-state index in [4.69, 9.17) is 0 Å². The molecule has 1 unspecified atom stereocenters. The van der Waals surface area contributed by atoms with Crippen LogP contribution in [0.4, 0.5) is 0 Å². The molecule has 0 saturated carbocycles. The van der Waals surface area contributed by atoms with E-state index in [1.807, 2.05) is 6.92 Å². The molecule has 0 aromatic heterocycles. The molecule has 1 atom stereocenters. The normalized spacial score (nSPS) is 12.4. The highest BCUT2D eigenvalue weighted by Gasteiger charge is 2.13. The van der Waals surface area contributed by atoms with Crippen LogP contribution in [0.3, 0.4) is 0 Å². The highest BCUT2D eigenvalue weighted by atomic mass is 16.1. The maximum Gasteiger partial charge on any atom is 0.140 e. The summed E-state index contributed by atoms with van der Waals surface area (Å²) < 4.78 is 0. The average Bonchev–Trinajstić information content (AvgIpc) is 2.30. The Kier molecular flexibility index (Phi) is 5.24. The molecule has 1 aromatic rings. The number of hydrogen-bond acceptors (Lipinski definition) is 1. The van der Waals surface area contributed by atoms with E-state index in [0.717, 1.165) is 18.4 Å². The van der Waals surface area contributed by atoms with Crippen LogP contribution < -0.4 is 0 Å². The molecule has 0 saturated heterocycles. The zero-order chi connectivity index (χ0) is 12.0. The second kappa shape index (κ2) is 6.47. The Balaban J connectivity index is 2.69. The number of hydrogen-bond donors (Lipinski definition) is 0. The molecular weight excluding hydrogens is 196 g/mol. The molecule has 0 aliphatic carbocycles. The predicted molar refractivity (Wildman–Crippen MR) is 68.8 cm³/mol. The molecule has 0 N–H and O–H groups in total. The fraction of sp³-hybridized carbons (Fsp3) is 0.533. The van der Waals surface area contributed by atoms with E-state index in [-0.39, 0.29) is 5.92 Å². The van der Waals surface area contributed by atoms with Crippen molar-refractivity contribution in [1.29, 1.82) is 0 Å². The SMILES string of the molecule is CCCC(=O)C(C)c1ccc(CCC)cc1. The standard InChI is InChI=1S/C15H22O/c1-4-6-13-8-10-14(11-9-13)12(3)15(16)7-5-2/h8-12H,4-7H2,1-3H3. The van der Waals surface area contributed by atoms with Crippen molar-refractivity contribution in [1.82, 2.24) is 0 Å². The molecule has 0 amide bonds. The molecule has 16 heavy (non-hydrogen) atoms. The van der Waals surface area contributed by atoms with E-state index in [9.17, 15) is 4.79 Å². The Hall–Kier alpha value is -1.11. The van der Waals surface area contributed by atoms with Gasteiger partial charge in [-0.3, -0.25) is 4.79 Å². The van der Waals surface area contributed by atoms with E-state index in [0.29, 0.717) is 12.2 Å². The van der Waals surface area contributed by atoms with Crippen molar-refractivity contribution in [2.24, 2.45) is 0 Å². The van der Waals surface area contributed by atoms with Crippen LogP contribution in [0.15, 0.2) is 24.3 Å². The summed E-state index contributed by atoms with van der Waals surface area (Å²) >= 11 is 0. The highest BCUT2D eigenvalue weighted by Crippen LogP contribution is 2.19. The molecule has 1 nitrogen and oxygen atoms in total. The lowest BCUT2D eigenvalue weighted by Gasteiger charge is -2.10. The largest absolute Gasteiger partial charge is 0.299 e. The first-order valence-electron chi connectivity index (χ1n) is 6.30. The van der Waals surface area contributed by atoms with Gasteiger partial charge in [0, 0.05) is 12.3 Å². The molecule has 1 heteroatoms. The van der Waals surface area contributed by atoms with Crippen LogP contribution in [-0.4, -0.2) is 5.78 Å². The lowest BCUT2D eigenvalue weighted by Crippen LogP contribution is -2.08. The molecule has 88 valence electrons. The van der Waals surface area contributed by atoms with Crippen LogP contribution in [0.25, 0.3) is 0 Å². The van der Waals surface area contributed by atoms with Crippen molar-refractivity contribution in [3.63, 3.8) is 0 Å². The lowest BCUT2D eigenvalue weighted by molar-refractivity contribution is -0.120. The van der Waals surface area contributed by atoms with Crippen LogP contribution in [0.5, 0.6) is 0 Å². The zero-order valence-corrected chi connectivity index (χ0v) is 10.6. The Morgan fingerprint density at radius 3 is 2.25 bits per heavy atom. The second-order valence-electron chi connectivity index (χ2n) is 4.43. The van der Waals surface area contributed by atoms with Crippen LogP contribution in [-0.2, 0) is 11.2 Å². The highest BCUT2D eigenvalue weighted by molar-refractivity contribution is 5.85. The third-order valence-electron chi connectivity index (χ3n) is 3.00. The minimum atomic E-state index is 0.0515. The van der Waals surface area contributed by atoms with Crippen molar-refractivity contribution in [2.75, 3.05) is 0 Å². The zero-order valence-electron chi connectivity index (χ0n) is 10.6. The van der Waals surface area contributed by atoms with Gasteiger partial charge in [-0.25, -0.2) is 0 Å². The molecule has 0 spiro atoms. The molecule has 0 fully saturated rings. The van der Waals surface area contributed by atoms with Crippen molar-refractivity contribution in [3.05, 3.63) is 35.4 Å². The maximum absolute atomic E-state index is 11.8. The Labute approximate surface area is 98.9 Å². The van der Waals surface area contributed by atoms with Crippen molar-refractivity contribution >= 4 is 5.78 Å². The first kappa shape index (κ1) is 13.0. The summed E-state index contributed by atoms with van der Waals surface area (Å²) in [5, 5.41) is 0. The van der Waals surface area contributed by atoms with Gasteiger partial charge in [0.1, 0.15) is 5.78 Å². The molecule has 0 heterocycles. The van der Waals surface area contributed by atoms with E-state index < -0.39 is 0 Å². The number of aryl methyl sites for hydroxylation is 1. The Morgan fingerprint density at radius 1 is 1.12 bits per heavy atom. The van der Waals surface area contributed by atoms with E-state index in [2.05, 4.69) is 38.1 Å². The summed E-state index contributed by atoms with van der Waals surface area (Å²) in [6.45, 7) is 6.24. The van der Waals surface area contributed by atoms with Crippen LogP contribution in [0.1, 0.15) is 57.1 Å².